The number of nitrogens with one attached hydrogen (secondary N) is 1. The Morgan fingerprint density at radius 2 is 2.31 bits per heavy atom. The lowest BCUT2D eigenvalue weighted by atomic mass is 10.4. The van der Waals surface area contributed by atoms with Gasteiger partial charge in [0.25, 0.3) is 0 Å². The highest BCUT2D eigenvalue weighted by Gasteiger charge is 1.98. The van der Waals surface area contributed by atoms with Gasteiger partial charge in [-0.3, -0.25) is 9.79 Å². The predicted molar refractivity (Wildman–Crippen MR) is 51.7 cm³/mol. The molecule has 0 saturated carbocycles. The number of amides is 1. The van der Waals surface area contributed by atoms with Gasteiger partial charge in [-0.1, -0.05) is 0 Å². The molecule has 3 N–H and O–H groups in total. The Labute approximate surface area is 78.4 Å². The second-order valence-electron chi connectivity index (χ2n) is 2.62. The molecule has 0 radical (unpaired) electrons. The Morgan fingerprint density at radius 1 is 1.62 bits per heavy atom. The van der Waals surface area contributed by atoms with Crippen molar-refractivity contribution in [3.63, 3.8) is 0 Å². The van der Waals surface area contributed by atoms with Gasteiger partial charge in [-0.25, -0.2) is 0 Å². The third-order valence-electron chi connectivity index (χ3n) is 1.33. The topological polar surface area (TPSA) is 76.7 Å². The van der Waals surface area contributed by atoms with Crippen molar-refractivity contribution in [1.82, 2.24) is 5.32 Å². The van der Waals surface area contributed by atoms with E-state index in [4.69, 9.17) is 10.5 Å². The first-order chi connectivity index (χ1) is 6.16. The highest BCUT2D eigenvalue weighted by atomic mass is 16.5. The summed E-state index contributed by atoms with van der Waals surface area (Å²) >= 11 is 0. The molecule has 0 aromatic heterocycles. The third-order valence-corrected chi connectivity index (χ3v) is 1.33. The molecule has 0 unspecified atom stereocenters. The molecule has 76 valence electrons. The monoisotopic (exact) mass is 187 g/mol. The number of rotatable bonds is 6. The Bertz CT molecular complexity index is 176. The molecule has 0 heterocycles. The van der Waals surface area contributed by atoms with E-state index in [0.29, 0.717) is 32.0 Å². The molecule has 0 aliphatic heterocycles. The van der Waals surface area contributed by atoms with E-state index < -0.39 is 0 Å². The normalized spacial score (nSPS) is 11.4. The summed E-state index contributed by atoms with van der Waals surface area (Å²) in [6.45, 7) is 3.22. The van der Waals surface area contributed by atoms with E-state index in [2.05, 4.69) is 10.3 Å². The molecule has 0 bridgehead atoms. The number of ether oxygens (including phenoxy) is 1. The maximum Gasteiger partial charge on any atom is 0.221 e. The van der Waals surface area contributed by atoms with Crippen LogP contribution in [0.3, 0.4) is 0 Å². The zero-order chi connectivity index (χ0) is 10.1. The minimum absolute atomic E-state index is 0.0259. The van der Waals surface area contributed by atoms with Gasteiger partial charge in [-0.15, -0.1) is 0 Å². The molecule has 5 heteroatoms. The van der Waals surface area contributed by atoms with Crippen LogP contribution in [0.4, 0.5) is 0 Å². The summed E-state index contributed by atoms with van der Waals surface area (Å²) in [5.74, 6) is 0.478. The van der Waals surface area contributed by atoms with Crippen LogP contribution in [-0.2, 0) is 9.53 Å². The van der Waals surface area contributed by atoms with Crippen LogP contribution in [0.15, 0.2) is 4.99 Å². The number of carbonyl (C=O) groups excluding carboxylic acids is 1. The summed E-state index contributed by atoms with van der Waals surface area (Å²) in [4.78, 5) is 14.9. The first-order valence-electron chi connectivity index (χ1n) is 4.19. The van der Waals surface area contributed by atoms with Gasteiger partial charge in [0.15, 0.2) is 0 Å². The van der Waals surface area contributed by atoms with Crippen LogP contribution in [0.2, 0.25) is 0 Å². The molecular formula is C8H17N3O2. The molecular weight excluding hydrogens is 170 g/mol. The largest absolute Gasteiger partial charge is 0.388 e. The molecule has 13 heavy (non-hydrogen) atoms. The van der Waals surface area contributed by atoms with Gasteiger partial charge < -0.3 is 15.8 Å². The van der Waals surface area contributed by atoms with E-state index in [-0.39, 0.29) is 5.91 Å². The van der Waals surface area contributed by atoms with E-state index in [1.165, 1.54) is 0 Å². The van der Waals surface area contributed by atoms with Gasteiger partial charge in [0.05, 0.1) is 12.4 Å². The van der Waals surface area contributed by atoms with Gasteiger partial charge in [0, 0.05) is 26.6 Å². The van der Waals surface area contributed by atoms with Crippen molar-refractivity contribution < 1.29 is 9.53 Å². The Kier molecular flexibility index (Phi) is 6.91. The van der Waals surface area contributed by atoms with Gasteiger partial charge >= 0.3 is 0 Å². The van der Waals surface area contributed by atoms with E-state index in [9.17, 15) is 4.79 Å². The molecule has 0 rings (SSSR count). The van der Waals surface area contributed by atoms with Crippen LogP contribution in [0.1, 0.15) is 13.3 Å². The van der Waals surface area contributed by atoms with E-state index in [1.807, 2.05) is 0 Å². The molecule has 5 nitrogen and oxygen atoms in total. The standard InChI is InChI=1S/C8H17N3O2/c1-7(9)10-4-3-8(12)11-5-6-13-2/h3-6H2,1-2H3,(H2,9,10)(H,11,12). The fraction of sp³-hybridized carbons (Fsp3) is 0.750. The highest BCUT2D eigenvalue weighted by molar-refractivity contribution is 5.79. The van der Waals surface area contributed by atoms with Crippen LogP contribution in [0, 0.1) is 0 Å². The number of amidine groups is 1. The fourth-order valence-corrected chi connectivity index (χ4v) is 0.715. The zero-order valence-corrected chi connectivity index (χ0v) is 8.17. The van der Waals surface area contributed by atoms with E-state index in [0.717, 1.165) is 0 Å². The SMILES string of the molecule is COCCNC(=O)CCN=C(C)N. The second kappa shape index (κ2) is 7.54. The Morgan fingerprint density at radius 3 is 2.85 bits per heavy atom. The number of aliphatic imine (C=N–C) groups is 1. The predicted octanol–water partition coefficient (Wildman–Crippen LogP) is -0.484. The van der Waals surface area contributed by atoms with Crippen molar-refractivity contribution in [2.75, 3.05) is 26.8 Å². The lowest BCUT2D eigenvalue weighted by Crippen LogP contribution is -2.27. The quantitative estimate of drug-likeness (QED) is 0.335. The van der Waals surface area contributed by atoms with Crippen molar-refractivity contribution in [2.45, 2.75) is 13.3 Å². The van der Waals surface area contributed by atoms with Crippen molar-refractivity contribution in [3.05, 3.63) is 0 Å². The lowest BCUT2D eigenvalue weighted by Gasteiger charge is -2.02. The van der Waals surface area contributed by atoms with Gasteiger partial charge in [0.1, 0.15) is 0 Å². The Hall–Kier alpha value is -1.10. The molecule has 0 aromatic rings. The molecule has 0 atom stereocenters. The summed E-state index contributed by atoms with van der Waals surface area (Å²) < 4.78 is 4.77. The number of methoxy groups -OCH3 is 1. The average Bonchev–Trinajstić information content (AvgIpc) is 2.04. The number of hydrogen-bond acceptors (Lipinski definition) is 3. The first kappa shape index (κ1) is 11.9. The van der Waals surface area contributed by atoms with Crippen LogP contribution in [-0.4, -0.2) is 38.5 Å². The smallest absolute Gasteiger partial charge is 0.221 e. The third kappa shape index (κ3) is 8.81. The minimum atomic E-state index is -0.0259. The second-order valence-corrected chi connectivity index (χ2v) is 2.62. The summed E-state index contributed by atoms with van der Waals surface area (Å²) in [6.07, 6.45) is 0.373. The average molecular weight is 187 g/mol. The Balaban J connectivity index is 3.36. The van der Waals surface area contributed by atoms with Crippen LogP contribution in [0.5, 0.6) is 0 Å². The summed E-state index contributed by atoms with van der Waals surface area (Å²) in [5.41, 5.74) is 5.30. The van der Waals surface area contributed by atoms with Gasteiger partial charge in [-0.05, 0) is 6.92 Å². The molecule has 1 amide bonds. The van der Waals surface area contributed by atoms with Crippen LogP contribution >= 0.6 is 0 Å². The summed E-state index contributed by atoms with van der Waals surface area (Å²) in [5, 5.41) is 2.68. The number of nitrogens with two attached hydrogens (primary N) is 1. The number of nitrogens with zero attached hydrogens (tertiary/aromatic N) is 1. The molecule has 0 aliphatic rings. The number of carbonyl (C=O) groups is 1. The zero-order valence-electron chi connectivity index (χ0n) is 8.17. The maximum absolute atomic E-state index is 11.0. The highest BCUT2D eigenvalue weighted by Crippen LogP contribution is 1.81. The van der Waals surface area contributed by atoms with E-state index in [1.54, 1.807) is 14.0 Å². The number of hydrogen-bond donors (Lipinski definition) is 2. The molecule has 0 fully saturated rings. The van der Waals surface area contributed by atoms with Crippen LogP contribution in [0.25, 0.3) is 0 Å². The van der Waals surface area contributed by atoms with Crippen molar-refractivity contribution in [2.24, 2.45) is 10.7 Å². The molecule has 0 saturated heterocycles. The fourth-order valence-electron chi connectivity index (χ4n) is 0.715. The van der Waals surface area contributed by atoms with Gasteiger partial charge in [-0.2, -0.15) is 0 Å². The van der Waals surface area contributed by atoms with E-state index >= 15 is 0 Å². The van der Waals surface area contributed by atoms with Crippen LogP contribution < -0.4 is 11.1 Å². The molecule has 0 spiro atoms. The first-order valence-corrected chi connectivity index (χ1v) is 4.19. The van der Waals surface area contributed by atoms with Gasteiger partial charge in [0.2, 0.25) is 5.91 Å². The van der Waals surface area contributed by atoms with Crippen molar-refractivity contribution in [3.8, 4) is 0 Å². The minimum Gasteiger partial charge on any atom is -0.388 e. The summed E-state index contributed by atoms with van der Waals surface area (Å²) in [6, 6.07) is 0. The van der Waals surface area contributed by atoms with Crippen molar-refractivity contribution >= 4 is 11.7 Å². The lowest BCUT2D eigenvalue weighted by molar-refractivity contribution is -0.121. The molecule has 0 aliphatic carbocycles. The van der Waals surface area contributed by atoms with Crippen molar-refractivity contribution in [1.29, 1.82) is 0 Å². The molecule has 0 aromatic carbocycles. The maximum atomic E-state index is 11.0. The summed E-state index contributed by atoms with van der Waals surface area (Å²) in [7, 11) is 1.59.